The molecule has 27 heavy (non-hydrogen) atoms. The van der Waals surface area contributed by atoms with Crippen LogP contribution in [0, 0.1) is 0 Å². The van der Waals surface area contributed by atoms with E-state index in [0.29, 0.717) is 20.7 Å². The van der Waals surface area contributed by atoms with Gasteiger partial charge in [-0.15, -0.1) is 0 Å². The summed E-state index contributed by atoms with van der Waals surface area (Å²) in [6, 6.07) is 5.62. The van der Waals surface area contributed by atoms with Gasteiger partial charge < -0.3 is 14.8 Å². The Balaban J connectivity index is 1.69. The molecule has 1 heterocycles. The second kappa shape index (κ2) is 8.75. The molecule has 2 aliphatic rings. The zero-order chi connectivity index (χ0) is 19.4. The van der Waals surface area contributed by atoms with E-state index in [-0.39, 0.29) is 24.4 Å². The summed E-state index contributed by atoms with van der Waals surface area (Å²) in [6.45, 7) is -0.0373. The van der Waals surface area contributed by atoms with Crippen molar-refractivity contribution in [1.82, 2.24) is 10.2 Å². The topological polar surface area (TPSA) is 67.9 Å². The minimum Gasteiger partial charge on any atom is -0.493 e. The van der Waals surface area contributed by atoms with Crippen LogP contribution < -0.4 is 14.8 Å². The molecule has 1 aromatic rings. The van der Waals surface area contributed by atoms with E-state index in [0.717, 1.165) is 31.2 Å². The maximum atomic E-state index is 12.7. The highest BCUT2D eigenvalue weighted by atomic mass is 32.2. The molecule has 0 atom stereocenters. The number of nitrogens with zero attached hydrogens (tertiary/aromatic N) is 1. The van der Waals surface area contributed by atoms with Crippen LogP contribution in [0.15, 0.2) is 23.1 Å². The lowest BCUT2D eigenvalue weighted by molar-refractivity contribution is -0.129. The number of hydrogen-bond donors (Lipinski definition) is 1. The minimum atomic E-state index is -0.249. The fourth-order valence-corrected chi connectivity index (χ4v) is 4.47. The summed E-state index contributed by atoms with van der Waals surface area (Å²) in [6.07, 6.45) is 6.03. The highest BCUT2D eigenvalue weighted by Crippen LogP contribution is 2.34. The first-order chi connectivity index (χ1) is 13.0. The third-order valence-corrected chi connectivity index (χ3v) is 5.98. The fourth-order valence-electron chi connectivity index (χ4n) is 3.22. The molecule has 1 N–H and O–H groups in total. The zero-order valence-corrected chi connectivity index (χ0v) is 17.0. The Bertz CT molecular complexity index is 788. The monoisotopic (exact) mass is 406 g/mol. The quantitative estimate of drug-likeness (QED) is 0.579. The lowest BCUT2D eigenvalue weighted by atomic mass is 10.2. The summed E-state index contributed by atoms with van der Waals surface area (Å²) in [4.78, 5) is 26.8. The van der Waals surface area contributed by atoms with Gasteiger partial charge in [0.05, 0.1) is 19.1 Å². The van der Waals surface area contributed by atoms with Crippen LogP contribution >= 0.6 is 24.0 Å². The van der Waals surface area contributed by atoms with Crippen LogP contribution in [-0.2, 0) is 9.59 Å². The number of methoxy groups -OCH3 is 2. The summed E-state index contributed by atoms with van der Waals surface area (Å²) in [5, 5.41) is 2.99. The molecule has 0 radical (unpaired) electrons. The third kappa shape index (κ3) is 4.62. The lowest BCUT2D eigenvalue weighted by Crippen LogP contribution is -2.42. The van der Waals surface area contributed by atoms with Crippen molar-refractivity contribution in [1.29, 1.82) is 0 Å². The van der Waals surface area contributed by atoms with E-state index in [2.05, 4.69) is 5.32 Å². The van der Waals surface area contributed by atoms with Gasteiger partial charge in [-0.1, -0.05) is 42.9 Å². The number of rotatable bonds is 6. The van der Waals surface area contributed by atoms with Crippen molar-refractivity contribution in [3.05, 3.63) is 28.7 Å². The van der Waals surface area contributed by atoms with Crippen LogP contribution in [0.25, 0.3) is 6.08 Å². The van der Waals surface area contributed by atoms with Gasteiger partial charge in [0.1, 0.15) is 10.9 Å². The van der Waals surface area contributed by atoms with Gasteiger partial charge in [0.25, 0.3) is 5.91 Å². The standard InChI is InChI=1S/C19H22N2O4S2/c1-24-14-8-7-12(9-15(14)25-2)10-16-18(23)21(19(26)27-16)11-17(22)20-13-5-3-4-6-13/h7-10,13H,3-6,11H2,1-2H3,(H,20,22)/b16-10+. The van der Waals surface area contributed by atoms with E-state index >= 15 is 0 Å². The first-order valence-electron chi connectivity index (χ1n) is 8.78. The molecule has 2 amide bonds. The predicted molar refractivity (Wildman–Crippen MR) is 110 cm³/mol. The van der Waals surface area contributed by atoms with Crippen molar-refractivity contribution in [2.75, 3.05) is 20.8 Å². The molecular formula is C19H22N2O4S2. The van der Waals surface area contributed by atoms with Gasteiger partial charge in [-0.05, 0) is 36.6 Å². The molecule has 1 aliphatic heterocycles. The normalized spacial score (nSPS) is 19.0. The van der Waals surface area contributed by atoms with E-state index in [4.69, 9.17) is 21.7 Å². The van der Waals surface area contributed by atoms with Crippen molar-refractivity contribution >= 4 is 46.2 Å². The van der Waals surface area contributed by atoms with Crippen molar-refractivity contribution in [2.24, 2.45) is 0 Å². The largest absolute Gasteiger partial charge is 0.493 e. The Morgan fingerprint density at radius 2 is 2.00 bits per heavy atom. The van der Waals surface area contributed by atoms with Crippen LogP contribution in [0.4, 0.5) is 0 Å². The van der Waals surface area contributed by atoms with Crippen molar-refractivity contribution in [3.63, 3.8) is 0 Å². The second-order valence-electron chi connectivity index (χ2n) is 6.43. The third-order valence-electron chi connectivity index (χ3n) is 4.60. The Kier molecular flexibility index (Phi) is 6.38. The number of thioether (sulfide) groups is 1. The number of hydrogen-bond acceptors (Lipinski definition) is 6. The maximum absolute atomic E-state index is 12.7. The molecule has 144 valence electrons. The average molecular weight is 407 g/mol. The van der Waals surface area contributed by atoms with Gasteiger partial charge in [-0.25, -0.2) is 0 Å². The highest BCUT2D eigenvalue weighted by Gasteiger charge is 2.33. The van der Waals surface area contributed by atoms with Crippen molar-refractivity contribution in [3.8, 4) is 11.5 Å². The number of carbonyl (C=O) groups is 2. The van der Waals surface area contributed by atoms with Crippen LogP contribution in [0.2, 0.25) is 0 Å². The summed E-state index contributed by atoms with van der Waals surface area (Å²) in [5.74, 6) is 0.787. The maximum Gasteiger partial charge on any atom is 0.266 e. The summed E-state index contributed by atoms with van der Waals surface area (Å²) >= 11 is 6.50. The molecule has 6 nitrogen and oxygen atoms in total. The Morgan fingerprint density at radius 1 is 1.30 bits per heavy atom. The number of nitrogens with one attached hydrogen (secondary N) is 1. The van der Waals surface area contributed by atoms with Gasteiger partial charge in [-0.2, -0.15) is 0 Å². The first kappa shape index (κ1) is 19.7. The number of ether oxygens (including phenoxy) is 2. The number of amides is 2. The summed E-state index contributed by atoms with van der Waals surface area (Å²) < 4.78 is 10.9. The van der Waals surface area contributed by atoms with Gasteiger partial charge in [-0.3, -0.25) is 14.5 Å². The number of benzene rings is 1. The highest BCUT2D eigenvalue weighted by molar-refractivity contribution is 8.26. The predicted octanol–water partition coefficient (Wildman–Crippen LogP) is 2.96. The average Bonchev–Trinajstić information content (AvgIpc) is 3.25. The first-order valence-corrected chi connectivity index (χ1v) is 10.0. The van der Waals surface area contributed by atoms with Crippen LogP contribution in [0.1, 0.15) is 31.2 Å². The molecular weight excluding hydrogens is 384 g/mol. The number of thiocarbonyl (C=S) groups is 1. The molecule has 2 fully saturated rings. The lowest BCUT2D eigenvalue weighted by Gasteiger charge is -2.17. The summed E-state index contributed by atoms with van der Waals surface area (Å²) in [5.41, 5.74) is 0.795. The molecule has 0 bridgehead atoms. The smallest absolute Gasteiger partial charge is 0.266 e. The van der Waals surface area contributed by atoms with Crippen LogP contribution in [0.5, 0.6) is 11.5 Å². The van der Waals surface area contributed by atoms with Gasteiger partial charge in [0.2, 0.25) is 5.91 Å². The minimum absolute atomic E-state index is 0.0373. The van der Waals surface area contributed by atoms with E-state index < -0.39 is 0 Å². The molecule has 8 heteroatoms. The molecule has 0 unspecified atom stereocenters. The fraction of sp³-hybridized carbons (Fsp3) is 0.421. The molecule has 1 saturated heterocycles. The second-order valence-corrected chi connectivity index (χ2v) is 8.11. The Morgan fingerprint density at radius 3 is 2.67 bits per heavy atom. The zero-order valence-electron chi connectivity index (χ0n) is 15.3. The van der Waals surface area contributed by atoms with Gasteiger partial charge >= 0.3 is 0 Å². The van der Waals surface area contributed by atoms with Gasteiger partial charge in [0.15, 0.2) is 11.5 Å². The van der Waals surface area contributed by atoms with Crippen LogP contribution in [-0.4, -0.2) is 47.8 Å². The van der Waals surface area contributed by atoms with Crippen molar-refractivity contribution in [2.45, 2.75) is 31.7 Å². The molecule has 0 aromatic heterocycles. The van der Waals surface area contributed by atoms with E-state index in [9.17, 15) is 9.59 Å². The molecule has 0 spiro atoms. The molecule has 1 saturated carbocycles. The Labute approximate surface area is 168 Å². The Hall–Kier alpha value is -2.06. The van der Waals surface area contributed by atoms with Crippen LogP contribution in [0.3, 0.4) is 0 Å². The molecule has 3 rings (SSSR count). The molecule has 1 aliphatic carbocycles. The van der Waals surface area contributed by atoms with Crippen molar-refractivity contribution < 1.29 is 19.1 Å². The van der Waals surface area contributed by atoms with E-state index in [1.165, 1.54) is 16.7 Å². The van der Waals surface area contributed by atoms with E-state index in [1.807, 2.05) is 6.07 Å². The van der Waals surface area contributed by atoms with Gasteiger partial charge in [0, 0.05) is 6.04 Å². The number of carbonyl (C=O) groups excluding carboxylic acids is 2. The van der Waals surface area contributed by atoms with E-state index in [1.54, 1.807) is 32.4 Å². The molecule has 1 aromatic carbocycles. The summed E-state index contributed by atoms with van der Waals surface area (Å²) in [7, 11) is 3.13. The SMILES string of the molecule is COc1ccc(/C=C2/SC(=S)N(CC(=O)NC3CCCC3)C2=O)cc1OC.